The Hall–Kier alpha value is -0.870. The molecule has 0 amide bonds. The van der Waals surface area contributed by atoms with Gasteiger partial charge in [0, 0.05) is 12.3 Å². The molecule has 0 unspecified atom stereocenters. The molecule has 1 aromatic heterocycles. The van der Waals surface area contributed by atoms with Crippen LogP contribution in [0.25, 0.3) is 0 Å². The van der Waals surface area contributed by atoms with E-state index in [2.05, 4.69) is 4.98 Å². The summed E-state index contributed by atoms with van der Waals surface area (Å²) in [6.07, 6.45) is 2.56. The summed E-state index contributed by atoms with van der Waals surface area (Å²) in [6.45, 7) is 0. The van der Waals surface area contributed by atoms with Crippen molar-refractivity contribution in [3.05, 3.63) is 33.6 Å². The minimum Gasteiger partial charge on any atom is -0.263 e. The van der Waals surface area contributed by atoms with E-state index in [9.17, 15) is 10.1 Å². The topological polar surface area (TPSA) is 56.0 Å². The molecular weight excluding hydrogens is 191 g/mol. The zero-order valence-electron chi connectivity index (χ0n) is 5.23. The minimum absolute atomic E-state index is 0. The first-order valence-electron chi connectivity index (χ1n) is 2.45. The maximum absolute atomic E-state index is 10.1. The van der Waals surface area contributed by atoms with E-state index < -0.39 is 4.92 Å². The second kappa shape index (κ2) is 4.10. The Morgan fingerprint density at radius 3 is 2.64 bits per heavy atom. The first-order chi connectivity index (χ1) is 4.72. The fraction of sp³-hybridized carbons (Fsp3) is 0. The van der Waals surface area contributed by atoms with E-state index in [4.69, 9.17) is 11.6 Å². The number of rotatable bonds is 1. The van der Waals surface area contributed by atoms with Crippen LogP contribution in [0, 0.1) is 10.1 Å². The zero-order valence-corrected chi connectivity index (χ0v) is 6.80. The molecule has 0 bridgehead atoms. The summed E-state index contributed by atoms with van der Waals surface area (Å²) >= 11 is 5.42. The average Bonchev–Trinajstić information content (AvgIpc) is 1.88. The molecule has 60 valence electrons. The van der Waals surface area contributed by atoms with E-state index in [0.29, 0.717) is 0 Å². The predicted octanol–water partition coefficient (Wildman–Crippen LogP) is 2.06. The third-order valence-corrected chi connectivity index (χ3v) is 1.24. The van der Waals surface area contributed by atoms with Crippen molar-refractivity contribution < 1.29 is 4.92 Å². The third-order valence-electron chi connectivity index (χ3n) is 0.948. The largest absolute Gasteiger partial charge is 0.290 e. The lowest BCUT2D eigenvalue weighted by atomic mass is 10.4. The van der Waals surface area contributed by atoms with Gasteiger partial charge >= 0.3 is 0 Å². The van der Waals surface area contributed by atoms with Crippen LogP contribution in [-0.2, 0) is 0 Å². The van der Waals surface area contributed by atoms with Crippen molar-refractivity contribution >= 4 is 29.7 Å². The highest BCUT2D eigenvalue weighted by atomic mass is 35.5. The Labute approximate surface area is 73.8 Å². The highest BCUT2D eigenvalue weighted by Crippen LogP contribution is 2.20. The van der Waals surface area contributed by atoms with Gasteiger partial charge < -0.3 is 0 Å². The summed E-state index contributed by atoms with van der Waals surface area (Å²) in [5.41, 5.74) is -0.114. The number of pyridine rings is 1. The van der Waals surface area contributed by atoms with Gasteiger partial charge in [0.1, 0.15) is 5.02 Å². The second-order valence-electron chi connectivity index (χ2n) is 1.58. The molecule has 1 rings (SSSR count). The van der Waals surface area contributed by atoms with Crippen molar-refractivity contribution in [2.24, 2.45) is 0 Å². The highest BCUT2D eigenvalue weighted by molar-refractivity contribution is 6.32. The van der Waals surface area contributed by atoms with Crippen LogP contribution in [0.2, 0.25) is 5.02 Å². The lowest BCUT2D eigenvalue weighted by molar-refractivity contribution is -0.384. The molecule has 1 heterocycles. The number of aromatic nitrogens is 1. The van der Waals surface area contributed by atoms with Crippen LogP contribution in [-0.4, -0.2) is 9.91 Å². The lowest BCUT2D eigenvalue weighted by Crippen LogP contribution is -1.88. The van der Waals surface area contributed by atoms with Gasteiger partial charge in [-0.05, 0) is 0 Å². The standard InChI is InChI=1S/C5H3ClN2O2.ClH/c6-4-3-7-2-1-5(4)8(9)10;/h1-3H;1H. The van der Waals surface area contributed by atoms with Gasteiger partial charge in [0.15, 0.2) is 0 Å². The van der Waals surface area contributed by atoms with E-state index >= 15 is 0 Å². The molecule has 0 saturated carbocycles. The zero-order chi connectivity index (χ0) is 7.56. The number of nitro groups is 1. The van der Waals surface area contributed by atoms with Crippen molar-refractivity contribution in [2.75, 3.05) is 0 Å². The van der Waals surface area contributed by atoms with Crippen molar-refractivity contribution in [3.8, 4) is 0 Å². The number of hydrogen-bond donors (Lipinski definition) is 0. The fourth-order valence-electron chi connectivity index (χ4n) is 0.516. The number of nitrogens with zero attached hydrogens (tertiary/aromatic N) is 2. The summed E-state index contributed by atoms with van der Waals surface area (Å²) in [6, 6.07) is 1.25. The first kappa shape index (κ1) is 10.1. The quantitative estimate of drug-likeness (QED) is 0.509. The van der Waals surface area contributed by atoms with Gasteiger partial charge in [0.25, 0.3) is 5.69 Å². The van der Waals surface area contributed by atoms with Crippen LogP contribution >= 0.6 is 24.0 Å². The van der Waals surface area contributed by atoms with Crippen LogP contribution < -0.4 is 0 Å². The van der Waals surface area contributed by atoms with Gasteiger partial charge in [-0.25, -0.2) is 0 Å². The molecule has 0 saturated heterocycles. The Kier molecular flexibility index (Phi) is 3.78. The molecule has 6 heteroatoms. The molecule has 0 aliphatic heterocycles. The fourth-order valence-corrected chi connectivity index (χ4v) is 0.704. The third kappa shape index (κ3) is 2.32. The maximum Gasteiger partial charge on any atom is 0.290 e. The summed E-state index contributed by atoms with van der Waals surface area (Å²) in [7, 11) is 0. The molecule has 4 nitrogen and oxygen atoms in total. The number of halogens is 2. The van der Waals surface area contributed by atoms with E-state index in [1.54, 1.807) is 0 Å². The van der Waals surface area contributed by atoms with Gasteiger partial charge in [-0.15, -0.1) is 12.4 Å². The van der Waals surface area contributed by atoms with Crippen molar-refractivity contribution in [3.63, 3.8) is 0 Å². The van der Waals surface area contributed by atoms with E-state index in [-0.39, 0.29) is 23.1 Å². The van der Waals surface area contributed by atoms with Crippen molar-refractivity contribution in [1.29, 1.82) is 0 Å². The van der Waals surface area contributed by atoms with Gasteiger partial charge in [-0.2, -0.15) is 0 Å². The summed E-state index contributed by atoms with van der Waals surface area (Å²) in [5.74, 6) is 0. The minimum atomic E-state index is -0.552. The Bertz CT molecular complexity index is 266. The second-order valence-corrected chi connectivity index (χ2v) is 1.99. The Morgan fingerprint density at radius 2 is 2.27 bits per heavy atom. The molecule has 0 atom stereocenters. The average molecular weight is 195 g/mol. The lowest BCUT2D eigenvalue weighted by Gasteiger charge is -1.90. The summed E-state index contributed by atoms with van der Waals surface area (Å²) in [4.78, 5) is 13.2. The van der Waals surface area contributed by atoms with Gasteiger partial charge in [0.2, 0.25) is 0 Å². The predicted molar refractivity (Wildman–Crippen MR) is 43.1 cm³/mol. The molecule has 0 spiro atoms. The molecule has 0 radical (unpaired) electrons. The highest BCUT2D eigenvalue weighted by Gasteiger charge is 2.09. The van der Waals surface area contributed by atoms with Crippen molar-refractivity contribution in [2.45, 2.75) is 0 Å². The Morgan fingerprint density at radius 1 is 1.64 bits per heavy atom. The molecule has 0 fully saturated rings. The molecule has 1 aromatic rings. The summed E-state index contributed by atoms with van der Waals surface area (Å²) in [5, 5.41) is 10.2. The van der Waals surface area contributed by atoms with Gasteiger partial charge in [-0.1, -0.05) is 11.6 Å². The normalized spacial score (nSPS) is 8.45. The van der Waals surface area contributed by atoms with Gasteiger partial charge in [0.05, 0.1) is 11.1 Å². The monoisotopic (exact) mass is 194 g/mol. The van der Waals surface area contributed by atoms with Crippen LogP contribution in [0.1, 0.15) is 0 Å². The van der Waals surface area contributed by atoms with Crippen LogP contribution in [0.3, 0.4) is 0 Å². The van der Waals surface area contributed by atoms with E-state index in [0.717, 1.165) is 0 Å². The van der Waals surface area contributed by atoms with Crippen LogP contribution in [0.4, 0.5) is 5.69 Å². The molecular formula is C5H4Cl2N2O2. The van der Waals surface area contributed by atoms with Crippen LogP contribution in [0.5, 0.6) is 0 Å². The SMILES string of the molecule is Cl.O=[N+]([O-])c1ccncc1Cl. The Balaban J connectivity index is 0.000001000. The molecule has 0 aliphatic rings. The van der Waals surface area contributed by atoms with Gasteiger partial charge in [-0.3, -0.25) is 15.1 Å². The smallest absolute Gasteiger partial charge is 0.263 e. The molecule has 11 heavy (non-hydrogen) atoms. The van der Waals surface area contributed by atoms with Crippen molar-refractivity contribution in [1.82, 2.24) is 4.98 Å². The first-order valence-corrected chi connectivity index (χ1v) is 2.83. The summed E-state index contributed by atoms with van der Waals surface area (Å²) < 4.78 is 0. The molecule has 0 aliphatic carbocycles. The van der Waals surface area contributed by atoms with E-state index in [1.807, 2.05) is 0 Å². The van der Waals surface area contributed by atoms with Crippen LogP contribution in [0.15, 0.2) is 18.5 Å². The molecule has 0 aromatic carbocycles. The van der Waals surface area contributed by atoms with E-state index in [1.165, 1.54) is 18.5 Å². The maximum atomic E-state index is 10.1. The molecule has 0 N–H and O–H groups in total. The number of hydrogen-bond acceptors (Lipinski definition) is 3.